The minimum Gasteiger partial charge on any atom is -0.475 e. The molecular weight excluding hydrogens is 960 g/mol. The van der Waals surface area contributed by atoms with E-state index in [1.807, 2.05) is 53.4 Å². The number of carboxylic acids is 1. The Hall–Kier alpha value is -7.02. The van der Waals surface area contributed by atoms with Crippen molar-refractivity contribution in [1.29, 1.82) is 0 Å². The van der Waals surface area contributed by atoms with Crippen molar-refractivity contribution < 1.29 is 59.4 Å². The van der Waals surface area contributed by atoms with Crippen LogP contribution in [-0.2, 0) is 35.9 Å². The summed E-state index contributed by atoms with van der Waals surface area (Å²) >= 11 is 0. The number of aromatic nitrogens is 2. The molecule has 0 bridgehead atoms. The Kier molecular flexibility index (Phi) is 16.0. The molecule has 0 spiro atoms. The molecule has 1 unspecified atom stereocenters. The highest BCUT2D eigenvalue weighted by Gasteiger charge is 2.38. The molecule has 0 saturated carbocycles. The van der Waals surface area contributed by atoms with Gasteiger partial charge in [0.25, 0.3) is 0 Å². The minimum atomic E-state index is -5.08. The number of hydrogen-bond acceptors (Lipinski definition) is 12. The van der Waals surface area contributed by atoms with E-state index in [1.165, 1.54) is 13.2 Å². The molecule has 24 heteroatoms. The van der Waals surface area contributed by atoms with Crippen molar-refractivity contribution in [2.24, 2.45) is 0 Å². The van der Waals surface area contributed by atoms with Gasteiger partial charge >= 0.3 is 22.4 Å². The van der Waals surface area contributed by atoms with Gasteiger partial charge in [-0.05, 0) is 53.9 Å². The van der Waals surface area contributed by atoms with Gasteiger partial charge in [0, 0.05) is 119 Å². The second-order valence-corrected chi connectivity index (χ2v) is 18.9. The van der Waals surface area contributed by atoms with E-state index >= 15 is 8.78 Å². The van der Waals surface area contributed by atoms with Crippen LogP contribution in [0.5, 0.6) is 0 Å². The molecule has 1 atom stereocenters. The zero-order chi connectivity index (χ0) is 51.2. The van der Waals surface area contributed by atoms with Crippen LogP contribution in [-0.4, -0.2) is 157 Å². The second kappa shape index (κ2) is 22.0. The number of amides is 3. The van der Waals surface area contributed by atoms with Crippen LogP contribution in [0.1, 0.15) is 41.3 Å². The third-order valence-electron chi connectivity index (χ3n) is 12.4. The number of imide groups is 1. The van der Waals surface area contributed by atoms with E-state index < -0.39 is 57.1 Å². The quantitative estimate of drug-likeness (QED) is 0.0581. The first-order valence-corrected chi connectivity index (χ1v) is 24.0. The van der Waals surface area contributed by atoms with Gasteiger partial charge in [-0.25, -0.2) is 18.6 Å². The van der Waals surface area contributed by atoms with Gasteiger partial charge in [-0.2, -0.15) is 25.9 Å². The molecule has 71 heavy (non-hydrogen) atoms. The lowest BCUT2D eigenvalue weighted by atomic mass is 9.99. The smallest absolute Gasteiger partial charge is 0.475 e. The maximum Gasteiger partial charge on any atom is 0.490 e. The summed E-state index contributed by atoms with van der Waals surface area (Å²) in [4.78, 5) is 75.7. The van der Waals surface area contributed by atoms with Crippen molar-refractivity contribution in [3.05, 3.63) is 107 Å². The number of ketones is 1. The number of piperidine rings is 1. The molecule has 378 valence electrons. The number of anilines is 3. The molecular formula is C47H51F5N10O8S. The minimum absolute atomic E-state index is 0.0225. The Morgan fingerprint density at radius 2 is 1.58 bits per heavy atom. The monoisotopic (exact) mass is 1010 g/mol. The van der Waals surface area contributed by atoms with Crippen LogP contribution in [0, 0.1) is 11.6 Å². The van der Waals surface area contributed by atoms with Crippen LogP contribution >= 0.6 is 0 Å². The van der Waals surface area contributed by atoms with E-state index in [9.17, 15) is 40.8 Å². The van der Waals surface area contributed by atoms with Gasteiger partial charge in [-0.3, -0.25) is 39.0 Å². The molecule has 3 aromatic carbocycles. The molecule has 5 N–H and O–H groups in total. The normalized spacial score (nSPS) is 17.2. The molecule has 0 aliphatic carbocycles. The highest BCUT2D eigenvalue weighted by molar-refractivity contribution is 7.90. The number of pyridine rings is 1. The largest absolute Gasteiger partial charge is 0.490 e. The number of aliphatic carboxylic acids is 1. The molecule has 2 aromatic heterocycles. The van der Waals surface area contributed by atoms with Crippen LogP contribution in [0.4, 0.5) is 39.0 Å². The SMILES string of the molecule is CCN(C)S(=O)(=O)Nc1ccc(F)c(C(=O)c2c[nH]c3ncc(-c4ccc(CN5CCN(C(=O)CN6CCN(c7cccc(NC8CCC(=O)NC8=O)c7)CC6)CC5)cc4)cc23)c1F.O=C(O)C(F)(F)F. The molecule has 5 aromatic rings. The second-order valence-electron chi connectivity index (χ2n) is 17.1. The summed E-state index contributed by atoms with van der Waals surface area (Å²) in [6.45, 7) is 8.56. The lowest BCUT2D eigenvalue weighted by Crippen LogP contribution is -2.53. The molecule has 3 amide bonds. The van der Waals surface area contributed by atoms with Crippen LogP contribution in [0.3, 0.4) is 0 Å². The molecule has 18 nitrogen and oxygen atoms in total. The predicted octanol–water partition coefficient (Wildman–Crippen LogP) is 4.66. The average molecular weight is 1010 g/mol. The molecule has 3 fully saturated rings. The van der Waals surface area contributed by atoms with Crippen molar-refractivity contribution in [1.82, 2.24) is 34.3 Å². The summed E-state index contributed by atoms with van der Waals surface area (Å²) in [5, 5.41) is 13.1. The Balaban J connectivity index is 0.000000985. The number of halogens is 5. The van der Waals surface area contributed by atoms with Gasteiger partial charge in [0.2, 0.25) is 23.5 Å². The van der Waals surface area contributed by atoms with E-state index in [1.54, 1.807) is 19.2 Å². The van der Waals surface area contributed by atoms with Crippen LogP contribution < -0.4 is 20.3 Å². The van der Waals surface area contributed by atoms with Gasteiger partial charge in [-0.15, -0.1) is 0 Å². The summed E-state index contributed by atoms with van der Waals surface area (Å²) < 4.78 is 90.5. The standard InChI is InChI=1S/C45H50F2N10O6S.C2HF3O2/c1-3-53(2)64(62,63)52-37-12-11-36(46)41(42(37)47)43(60)35-26-49-44-34(35)23-31(25-48-44)30-9-7-29(8-10-30)27-54-17-21-57(22-18-54)40(59)28-55-15-19-56(20-16-55)33-6-4-5-32(24-33)50-38-13-14-39(58)51-45(38)61;3-2(4,5)1(6)7/h4-12,23-26,38,50,52H,3,13-22,27-28H2,1-2H3,(H,48,49)(H,51,58,61);(H,6,7). The van der Waals surface area contributed by atoms with Gasteiger partial charge in [0.15, 0.2) is 5.82 Å². The average Bonchev–Trinajstić information content (AvgIpc) is 3.77. The number of carboxylic acid groups (broad SMARTS) is 1. The number of rotatable bonds is 14. The van der Waals surface area contributed by atoms with E-state index in [-0.39, 0.29) is 29.8 Å². The zero-order valence-corrected chi connectivity index (χ0v) is 39.4. The third kappa shape index (κ3) is 12.7. The maximum absolute atomic E-state index is 15.6. The number of nitrogens with one attached hydrogen (secondary N) is 4. The molecule has 5 heterocycles. The highest BCUT2D eigenvalue weighted by Crippen LogP contribution is 2.31. The van der Waals surface area contributed by atoms with Crippen LogP contribution in [0.25, 0.3) is 22.2 Å². The van der Waals surface area contributed by atoms with Gasteiger partial charge in [-0.1, -0.05) is 37.3 Å². The number of carbonyl (C=O) groups is 5. The summed E-state index contributed by atoms with van der Waals surface area (Å²) in [5.41, 5.74) is 3.32. The Morgan fingerprint density at radius 1 is 0.901 bits per heavy atom. The number of benzene rings is 3. The van der Waals surface area contributed by atoms with Crippen molar-refractivity contribution in [3.63, 3.8) is 0 Å². The zero-order valence-electron chi connectivity index (χ0n) is 38.6. The van der Waals surface area contributed by atoms with E-state index in [2.05, 4.69) is 40.0 Å². The van der Waals surface area contributed by atoms with Crippen LogP contribution in [0.2, 0.25) is 0 Å². The Bertz CT molecular complexity index is 2910. The van der Waals surface area contributed by atoms with Gasteiger partial charge in [0.05, 0.1) is 17.8 Å². The third-order valence-corrected chi connectivity index (χ3v) is 13.9. The number of alkyl halides is 3. The number of carbonyl (C=O) groups excluding carboxylic acids is 4. The summed E-state index contributed by atoms with van der Waals surface area (Å²) in [7, 11) is -2.84. The van der Waals surface area contributed by atoms with E-state index in [4.69, 9.17) is 9.90 Å². The van der Waals surface area contributed by atoms with Crippen LogP contribution in [0.15, 0.2) is 79.1 Å². The summed E-state index contributed by atoms with van der Waals surface area (Å²) in [5.74, 6) is -6.61. The Labute approximate surface area is 405 Å². The number of hydrogen-bond donors (Lipinski definition) is 5. The number of aromatic amines is 1. The highest BCUT2D eigenvalue weighted by atomic mass is 32.2. The first kappa shape index (κ1) is 51.8. The number of H-pyrrole nitrogens is 1. The first-order chi connectivity index (χ1) is 33.7. The number of fused-ring (bicyclic) bond motifs is 1. The first-order valence-electron chi connectivity index (χ1n) is 22.5. The fraction of sp³-hybridized carbons (Fsp3) is 0.362. The van der Waals surface area contributed by atoms with Crippen molar-refractivity contribution in [2.75, 3.05) is 87.4 Å². The van der Waals surface area contributed by atoms with Gasteiger partial charge < -0.3 is 25.2 Å². The fourth-order valence-electron chi connectivity index (χ4n) is 8.21. The topological polar surface area (TPSA) is 221 Å². The van der Waals surface area contributed by atoms with Crippen molar-refractivity contribution >= 4 is 67.8 Å². The molecule has 3 aliphatic rings. The predicted molar refractivity (Wildman–Crippen MR) is 253 cm³/mol. The summed E-state index contributed by atoms with van der Waals surface area (Å²) in [6.07, 6.45) is -1.34. The Morgan fingerprint density at radius 3 is 2.23 bits per heavy atom. The van der Waals surface area contributed by atoms with Gasteiger partial charge in [0.1, 0.15) is 17.5 Å². The molecule has 3 aliphatic heterocycles. The molecule has 3 saturated heterocycles. The molecule has 0 radical (unpaired) electrons. The van der Waals surface area contributed by atoms with Crippen molar-refractivity contribution in [2.45, 2.75) is 38.5 Å². The fourth-order valence-corrected chi connectivity index (χ4v) is 9.14. The lowest BCUT2D eigenvalue weighted by Gasteiger charge is -2.38. The number of nitrogens with zero attached hydrogens (tertiary/aromatic N) is 6. The van der Waals surface area contributed by atoms with E-state index in [0.717, 1.165) is 78.2 Å². The molecule has 8 rings (SSSR count). The number of piperazine rings is 2. The maximum atomic E-state index is 15.6. The van der Waals surface area contributed by atoms with E-state index in [0.29, 0.717) is 55.6 Å². The summed E-state index contributed by atoms with van der Waals surface area (Å²) in [6, 6.07) is 18.9. The lowest BCUT2D eigenvalue weighted by molar-refractivity contribution is -0.192. The van der Waals surface area contributed by atoms with Crippen molar-refractivity contribution in [3.8, 4) is 11.1 Å².